The molecule has 2 fully saturated rings. The van der Waals surface area contributed by atoms with Crippen LogP contribution < -0.4 is 5.73 Å². The normalized spacial score (nSPS) is 20.7. The van der Waals surface area contributed by atoms with Crippen molar-refractivity contribution >= 4 is 24.0 Å². The zero-order valence-corrected chi connectivity index (χ0v) is 12.6. The first kappa shape index (κ1) is 15.2. The Kier molecular flexibility index (Phi) is 4.59. The number of carbonyl (C=O) groups is 1. The molecule has 0 atom stereocenters. The maximum atomic E-state index is 12.5. The number of hydrogen-bond acceptors (Lipinski definition) is 2. The minimum Gasteiger partial charge on any atom is -0.399 e. The number of nitrogens with two attached hydrogens (primary N) is 1. The predicted molar refractivity (Wildman–Crippen MR) is 84.1 cm³/mol. The van der Waals surface area contributed by atoms with Gasteiger partial charge in [-0.25, -0.2) is 0 Å². The molecule has 0 unspecified atom stereocenters. The van der Waals surface area contributed by atoms with Gasteiger partial charge in [0.15, 0.2) is 0 Å². The van der Waals surface area contributed by atoms with Crippen molar-refractivity contribution in [3.05, 3.63) is 29.8 Å². The number of carbonyl (C=O) groups excluding carboxylic acids is 1. The third-order valence-corrected chi connectivity index (χ3v) is 4.80. The average Bonchev–Trinajstić information content (AvgIpc) is 2.83. The standard InChI is InChI=1S/C16H22N2O.ClH/c17-14-6-4-13(5-7-14)15(19)18-11-10-16(12-18)8-2-1-3-9-16;/h4-7H,1-3,8-12,17H2;1H. The van der Waals surface area contributed by atoms with Crippen LogP contribution in [-0.4, -0.2) is 23.9 Å². The Morgan fingerprint density at radius 2 is 1.70 bits per heavy atom. The second-order valence-corrected chi connectivity index (χ2v) is 6.16. The fourth-order valence-electron chi connectivity index (χ4n) is 3.63. The summed E-state index contributed by atoms with van der Waals surface area (Å²) in [5, 5.41) is 0. The van der Waals surface area contributed by atoms with Gasteiger partial charge in [0.2, 0.25) is 0 Å². The Morgan fingerprint density at radius 1 is 1.05 bits per heavy atom. The molecule has 0 aromatic heterocycles. The van der Waals surface area contributed by atoms with E-state index in [0.717, 1.165) is 18.7 Å². The number of benzene rings is 1. The second-order valence-electron chi connectivity index (χ2n) is 6.16. The highest BCUT2D eigenvalue weighted by atomic mass is 35.5. The highest BCUT2D eigenvalue weighted by molar-refractivity contribution is 5.94. The van der Waals surface area contributed by atoms with Crippen molar-refractivity contribution in [3.8, 4) is 0 Å². The molecule has 0 radical (unpaired) electrons. The van der Waals surface area contributed by atoms with Gasteiger partial charge in [-0.1, -0.05) is 19.3 Å². The van der Waals surface area contributed by atoms with Gasteiger partial charge in [-0.15, -0.1) is 12.4 Å². The lowest BCUT2D eigenvalue weighted by molar-refractivity contribution is 0.0759. The Labute approximate surface area is 126 Å². The third-order valence-electron chi connectivity index (χ3n) is 4.80. The fraction of sp³-hybridized carbons (Fsp3) is 0.562. The van der Waals surface area contributed by atoms with Crippen LogP contribution in [0.15, 0.2) is 24.3 Å². The van der Waals surface area contributed by atoms with Gasteiger partial charge in [-0.2, -0.15) is 0 Å². The molecule has 3 nitrogen and oxygen atoms in total. The molecule has 1 aliphatic carbocycles. The first-order valence-electron chi connectivity index (χ1n) is 7.33. The predicted octanol–water partition coefficient (Wildman–Crippen LogP) is 3.49. The molecule has 2 aliphatic rings. The quantitative estimate of drug-likeness (QED) is 0.806. The first-order chi connectivity index (χ1) is 9.19. The van der Waals surface area contributed by atoms with Crippen molar-refractivity contribution in [2.24, 2.45) is 5.41 Å². The summed E-state index contributed by atoms with van der Waals surface area (Å²) in [6.45, 7) is 1.87. The number of nitrogen functional groups attached to an aromatic ring is 1. The molecule has 3 rings (SSSR count). The SMILES string of the molecule is Cl.Nc1ccc(C(=O)N2CCC3(CCCCC3)C2)cc1. The largest absolute Gasteiger partial charge is 0.399 e. The Bertz CT molecular complexity index is 466. The molecule has 1 saturated heterocycles. The van der Waals surface area contributed by atoms with Gasteiger partial charge in [0.1, 0.15) is 0 Å². The number of halogens is 1. The van der Waals surface area contributed by atoms with Crippen molar-refractivity contribution in [3.63, 3.8) is 0 Å². The highest BCUT2D eigenvalue weighted by Gasteiger charge is 2.40. The average molecular weight is 295 g/mol. The van der Waals surface area contributed by atoms with Crippen LogP contribution in [0.3, 0.4) is 0 Å². The molecule has 20 heavy (non-hydrogen) atoms. The fourth-order valence-corrected chi connectivity index (χ4v) is 3.63. The van der Waals surface area contributed by atoms with Crippen LogP contribution in [0.5, 0.6) is 0 Å². The maximum Gasteiger partial charge on any atom is 0.253 e. The molecular weight excluding hydrogens is 272 g/mol. The van der Waals surface area contributed by atoms with E-state index in [1.165, 1.54) is 38.5 Å². The van der Waals surface area contributed by atoms with Gasteiger partial charge >= 0.3 is 0 Å². The summed E-state index contributed by atoms with van der Waals surface area (Å²) >= 11 is 0. The molecule has 4 heteroatoms. The van der Waals surface area contributed by atoms with E-state index in [-0.39, 0.29) is 18.3 Å². The second kappa shape index (κ2) is 6.04. The molecule has 1 heterocycles. The molecule has 110 valence electrons. The van der Waals surface area contributed by atoms with E-state index >= 15 is 0 Å². The topological polar surface area (TPSA) is 46.3 Å². The summed E-state index contributed by atoms with van der Waals surface area (Å²) in [5.74, 6) is 0.169. The molecule has 1 saturated carbocycles. The summed E-state index contributed by atoms with van der Waals surface area (Å²) in [7, 11) is 0. The van der Waals surface area contributed by atoms with Crippen molar-refractivity contribution < 1.29 is 4.79 Å². The van der Waals surface area contributed by atoms with Gasteiger partial charge in [0.25, 0.3) is 5.91 Å². The number of likely N-dealkylation sites (tertiary alicyclic amines) is 1. The van der Waals surface area contributed by atoms with Crippen LogP contribution in [0.4, 0.5) is 5.69 Å². The van der Waals surface area contributed by atoms with Crippen LogP contribution in [0.2, 0.25) is 0 Å². The van der Waals surface area contributed by atoms with Crippen LogP contribution in [0.25, 0.3) is 0 Å². The van der Waals surface area contributed by atoms with Crippen molar-refractivity contribution in [1.29, 1.82) is 0 Å². The zero-order valence-electron chi connectivity index (χ0n) is 11.8. The Hall–Kier alpha value is -1.22. The lowest BCUT2D eigenvalue weighted by atomic mass is 9.73. The Balaban J connectivity index is 0.00000147. The van der Waals surface area contributed by atoms with Gasteiger partial charge in [0, 0.05) is 24.3 Å². The molecule has 1 spiro atoms. The molecule has 1 aromatic rings. The van der Waals surface area contributed by atoms with E-state index in [4.69, 9.17) is 5.73 Å². The van der Waals surface area contributed by atoms with Gasteiger partial charge in [-0.05, 0) is 48.9 Å². The van der Waals surface area contributed by atoms with Crippen LogP contribution in [0.1, 0.15) is 48.9 Å². The monoisotopic (exact) mass is 294 g/mol. The summed E-state index contributed by atoms with van der Waals surface area (Å²) in [6, 6.07) is 7.28. The number of nitrogens with zero attached hydrogens (tertiary/aromatic N) is 1. The summed E-state index contributed by atoms with van der Waals surface area (Å²) in [5.41, 5.74) is 7.58. The van der Waals surface area contributed by atoms with Crippen LogP contribution >= 0.6 is 12.4 Å². The van der Waals surface area contributed by atoms with Gasteiger partial charge < -0.3 is 10.6 Å². The molecular formula is C16H23ClN2O. The van der Waals surface area contributed by atoms with Crippen molar-refractivity contribution in [2.45, 2.75) is 38.5 Å². The van der Waals surface area contributed by atoms with Gasteiger partial charge in [-0.3, -0.25) is 4.79 Å². The van der Waals surface area contributed by atoms with E-state index in [0.29, 0.717) is 11.1 Å². The smallest absolute Gasteiger partial charge is 0.253 e. The molecule has 1 amide bonds. The van der Waals surface area contributed by atoms with E-state index < -0.39 is 0 Å². The molecule has 2 N–H and O–H groups in total. The first-order valence-corrected chi connectivity index (χ1v) is 7.33. The lowest BCUT2D eigenvalue weighted by Crippen LogP contribution is -2.33. The minimum absolute atomic E-state index is 0. The van der Waals surface area contributed by atoms with E-state index in [9.17, 15) is 4.79 Å². The van der Waals surface area contributed by atoms with E-state index in [1.807, 2.05) is 17.0 Å². The zero-order chi connectivity index (χ0) is 13.3. The number of anilines is 1. The van der Waals surface area contributed by atoms with Crippen molar-refractivity contribution in [1.82, 2.24) is 4.90 Å². The number of rotatable bonds is 1. The van der Waals surface area contributed by atoms with Crippen LogP contribution in [-0.2, 0) is 0 Å². The summed E-state index contributed by atoms with van der Waals surface area (Å²) in [6.07, 6.45) is 7.84. The summed E-state index contributed by atoms with van der Waals surface area (Å²) in [4.78, 5) is 14.5. The third kappa shape index (κ3) is 2.93. The summed E-state index contributed by atoms with van der Waals surface area (Å²) < 4.78 is 0. The molecule has 1 aromatic carbocycles. The van der Waals surface area contributed by atoms with Crippen molar-refractivity contribution in [2.75, 3.05) is 18.8 Å². The number of amides is 1. The number of hydrogen-bond donors (Lipinski definition) is 1. The lowest BCUT2D eigenvalue weighted by Gasteiger charge is -2.33. The highest BCUT2D eigenvalue weighted by Crippen LogP contribution is 2.43. The van der Waals surface area contributed by atoms with Gasteiger partial charge in [0.05, 0.1) is 0 Å². The van der Waals surface area contributed by atoms with E-state index in [2.05, 4.69) is 0 Å². The van der Waals surface area contributed by atoms with E-state index in [1.54, 1.807) is 12.1 Å². The maximum absolute atomic E-state index is 12.5. The molecule has 0 bridgehead atoms. The Morgan fingerprint density at radius 3 is 2.35 bits per heavy atom. The minimum atomic E-state index is 0. The molecule has 1 aliphatic heterocycles. The van der Waals surface area contributed by atoms with Crippen LogP contribution in [0, 0.1) is 5.41 Å².